The van der Waals surface area contributed by atoms with Crippen LogP contribution < -0.4 is 25.4 Å². The van der Waals surface area contributed by atoms with Crippen LogP contribution in [0.4, 0.5) is 5.69 Å². The summed E-state index contributed by atoms with van der Waals surface area (Å²) in [6.07, 6.45) is 3.56. The zero-order valence-electron chi connectivity index (χ0n) is 19.2. The van der Waals surface area contributed by atoms with Crippen molar-refractivity contribution in [2.45, 2.75) is 44.9 Å². The predicted molar refractivity (Wildman–Crippen MR) is 129 cm³/mol. The van der Waals surface area contributed by atoms with E-state index < -0.39 is 18.3 Å². The average Bonchev–Trinajstić information content (AvgIpc) is 3.06. The lowest BCUT2D eigenvalue weighted by atomic mass is 10.1. The fraction of sp³-hybridized carbons (Fsp3) is 0.360. The molecule has 2 aromatic rings. The Morgan fingerprint density at radius 2 is 1.89 bits per heavy atom. The first kappa shape index (κ1) is 24.1. The zero-order chi connectivity index (χ0) is 24.6. The predicted octanol–water partition coefficient (Wildman–Crippen LogP) is 2.69. The van der Waals surface area contributed by atoms with Gasteiger partial charge in [-0.1, -0.05) is 18.6 Å². The summed E-state index contributed by atoms with van der Waals surface area (Å²) in [6, 6.07) is 12.2. The van der Waals surface area contributed by atoms with E-state index >= 15 is 0 Å². The number of benzene rings is 2. The van der Waals surface area contributed by atoms with Crippen LogP contribution in [0.1, 0.15) is 48.0 Å². The Balaban J connectivity index is 1.24. The highest BCUT2D eigenvalue weighted by atomic mass is 16.7. The molecule has 0 aromatic heterocycles. The summed E-state index contributed by atoms with van der Waals surface area (Å²) in [5.74, 6) is 0.0410. The largest absolute Gasteiger partial charge is 0.481 e. The smallest absolute Gasteiger partial charge is 0.327 e. The van der Waals surface area contributed by atoms with Gasteiger partial charge in [0.15, 0.2) is 11.5 Å². The Hall–Kier alpha value is -4.08. The first-order valence-electron chi connectivity index (χ1n) is 11.6. The van der Waals surface area contributed by atoms with E-state index in [0.29, 0.717) is 23.5 Å². The summed E-state index contributed by atoms with van der Waals surface area (Å²) < 4.78 is 11.1. The van der Waals surface area contributed by atoms with Gasteiger partial charge in [-0.2, -0.15) is 0 Å². The van der Waals surface area contributed by atoms with E-state index in [1.165, 1.54) is 0 Å². The van der Waals surface area contributed by atoms with Gasteiger partial charge in [0, 0.05) is 30.6 Å². The Bertz CT molecular complexity index is 1130. The van der Waals surface area contributed by atoms with Gasteiger partial charge in [0.2, 0.25) is 5.91 Å². The van der Waals surface area contributed by atoms with Crippen LogP contribution in [0, 0.1) is 0 Å². The number of nitrogens with zero attached hydrogens (tertiary/aromatic N) is 1. The summed E-state index contributed by atoms with van der Waals surface area (Å²) in [7, 11) is 0. The van der Waals surface area contributed by atoms with Crippen LogP contribution in [0.3, 0.4) is 0 Å². The van der Waals surface area contributed by atoms with E-state index in [4.69, 9.17) is 14.6 Å². The molecule has 2 aliphatic rings. The Kier molecular flexibility index (Phi) is 7.81. The summed E-state index contributed by atoms with van der Waals surface area (Å²) >= 11 is 0. The lowest BCUT2D eigenvalue weighted by molar-refractivity contribution is -0.137. The highest BCUT2D eigenvalue weighted by Gasteiger charge is 2.26. The number of anilines is 1. The second-order valence-corrected chi connectivity index (χ2v) is 8.34. The quantitative estimate of drug-likeness (QED) is 0.456. The number of nitrogens with one attached hydrogen (secondary N) is 3. The third-order valence-corrected chi connectivity index (χ3v) is 5.58. The Labute approximate surface area is 202 Å². The number of carboxylic acids is 1. The SMILES string of the molecule is O=C(O)CCc1ccc2c(c1)OC(NC(=O)CNC(=O)c1cccc(NC3=NCCCCC3)c1)O2. The van der Waals surface area contributed by atoms with Crippen LogP contribution >= 0.6 is 0 Å². The van der Waals surface area contributed by atoms with E-state index in [1.54, 1.807) is 36.4 Å². The standard InChI is InChI=1S/C25H28N4O6/c30-22(29-25-34-19-10-8-16(9-11-23(31)32)13-20(19)35-25)15-27-24(33)17-5-4-6-18(14-17)28-21-7-2-1-3-12-26-21/h4-6,8,10,13-14,25H,1-3,7,9,11-12,15H2,(H,26,28)(H,27,33)(H,29,30)(H,31,32). The van der Waals surface area contributed by atoms with Gasteiger partial charge < -0.3 is 25.2 Å². The highest BCUT2D eigenvalue weighted by Crippen LogP contribution is 2.35. The van der Waals surface area contributed by atoms with Gasteiger partial charge in [0.1, 0.15) is 5.84 Å². The van der Waals surface area contributed by atoms with Crippen molar-refractivity contribution in [2.75, 3.05) is 18.4 Å². The van der Waals surface area contributed by atoms with Crippen LogP contribution in [0.25, 0.3) is 0 Å². The van der Waals surface area contributed by atoms with E-state index in [-0.39, 0.29) is 18.9 Å². The van der Waals surface area contributed by atoms with E-state index in [2.05, 4.69) is 20.9 Å². The second kappa shape index (κ2) is 11.4. The number of aryl methyl sites for hydroxylation is 1. The van der Waals surface area contributed by atoms with Crippen LogP contribution in [-0.2, 0) is 16.0 Å². The van der Waals surface area contributed by atoms with Crippen LogP contribution in [0.2, 0.25) is 0 Å². The number of carbonyl (C=O) groups excluding carboxylic acids is 2. The van der Waals surface area contributed by atoms with Gasteiger partial charge in [0.05, 0.1) is 6.54 Å². The maximum atomic E-state index is 12.6. The molecule has 2 heterocycles. The first-order valence-corrected chi connectivity index (χ1v) is 11.6. The molecule has 0 radical (unpaired) electrons. The molecule has 35 heavy (non-hydrogen) atoms. The number of rotatable bonds is 8. The molecule has 0 bridgehead atoms. The molecule has 4 rings (SSSR count). The maximum absolute atomic E-state index is 12.6. The molecule has 10 heteroatoms. The van der Waals surface area contributed by atoms with Crippen molar-refractivity contribution in [3.05, 3.63) is 53.6 Å². The average molecular weight is 481 g/mol. The number of fused-ring (bicyclic) bond motifs is 1. The molecule has 0 fully saturated rings. The minimum absolute atomic E-state index is 0.00717. The maximum Gasteiger partial charge on any atom is 0.327 e. The minimum Gasteiger partial charge on any atom is -0.481 e. The number of amidine groups is 1. The lowest BCUT2D eigenvalue weighted by Gasteiger charge is -2.13. The van der Waals surface area contributed by atoms with Crippen molar-refractivity contribution in [3.8, 4) is 11.5 Å². The highest BCUT2D eigenvalue weighted by molar-refractivity contribution is 5.99. The number of aliphatic imine (C=N–C) groups is 1. The van der Waals surface area contributed by atoms with Crippen molar-refractivity contribution in [3.63, 3.8) is 0 Å². The molecule has 4 N–H and O–H groups in total. The third kappa shape index (κ3) is 6.95. The number of hydrogen-bond acceptors (Lipinski definition) is 7. The number of hydrogen-bond donors (Lipinski definition) is 4. The van der Waals surface area contributed by atoms with Crippen molar-refractivity contribution < 1.29 is 29.0 Å². The molecule has 0 spiro atoms. The van der Waals surface area contributed by atoms with Crippen molar-refractivity contribution in [1.29, 1.82) is 0 Å². The Morgan fingerprint density at radius 3 is 2.74 bits per heavy atom. The lowest BCUT2D eigenvalue weighted by Crippen LogP contribution is -2.45. The molecule has 10 nitrogen and oxygen atoms in total. The number of carbonyl (C=O) groups is 3. The van der Waals surface area contributed by atoms with Gasteiger partial charge in [-0.05, 0) is 55.2 Å². The summed E-state index contributed by atoms with van der Waals surface area (Å²) in [6.45, 7) is 0.551. The van der Waals surface area contributed by atoms with Crippen LogP contribution in [0.15, 0.2) is 47.5 Å². The number of carboxylic acid groups (broad SMARTS) is 1. The molecular weight excluding hydrogens is 452 g/mol. The van der Waals surface area contributed by atoms with Gasteiger partial charge in [-0.15, -0.1) is 0 Å². The van der Waals surface area contributed by atoms with Gasteiger partial charge in [-0.25, -0.2) is 0 Å². The number of aliphatic carboxylic acids is 1. The summed E-state index contributed by atoms with van der Waals surface area (Å²) in [5, 5.41) is 17.3. The Morgan fingerprint density at radius 1 is 1.03 bits per heavy atom. The molecule has 0 saturated heterocycles. The minimum atomic E-state index is -1.03. The van der Waals surface area contributed by atoms with Gasteiger partial charge in [0.25, 0.3) is 5.91 Å². The van der Waals surface area contributed by atoms with Gasteiger partial charge in [-0.3, -0.25) is 24.7 Å². The molecule has 1 atom stereocenters. The van der Waals surface area contributed by atoms with Crippen molar-refractivity contribution in [2.24, 2.45) is 4.99 Å². The monoisotopic (exact) mass is 480 g/mol. The normalized spacial score (nSPS) is 16.6. The van der Waals surface area contributed by atoms with E-state index in [1.807, 2.05) is 6.07 Å². The number of amides is 2. The summed E-state index contributed by atoms with van der Waals surface area (Å²) in [5.41, 5.74) is 1.99. The molecule has 184 valence electrons. The molecular formula is C25H28N4O6. The topological polar surface area (TPSA) is 138 Å². The fourth-order valence-electron chi connectivity index (χ4n) is 3.79. The molecule has 2 aromatic carbocycles. The fourth-order valence-corrected chi connectivity index (χ4v) is 3.79. The van der Waals surface area contributed by atoms with Crippen molar-refractivity contribution >= 4 is 29.3 Å². The van der Waals surface area contributed by atoms with Gasteiger partial charge >= 0.3 is 12.4 Å². The first-order chi connectivity index (χ1) is 17.0. The number of ether oxygens (including phenoxy) is 2. The van der Waals surface area contributed by atoms with Crippen LogP contribution in [-0.4, -0.2) is 48.2 Å². The molecule has 0 saturated carbocycles. The summed E-state index contributed by atoms with van der Waals surface area (Å²) in [4.78, 5) is 40.2. The second-order valence-electron chi connectivity index (χ2n) is 8.34. The van der Waals surface area contributed by atoms with E-state index in [9.17, 15) is 14.4 Å². The molecule has 0 aliphatic carbocycles. The zero-order valence-corrected chi connectivity index (χ0v) is 19.2. The molecule has 2 amide bonds. The molecule has 1 unspecified atom stereocenters. The third-order valence-electron chi connectivity index (χ3n) is 5.58. The van der Waals surface area contributed by atoms with Crippen molar-refractivity contribution in [1.82, 2.24) is 10.6 Å². The van der Waals surface area contributed by atoms with Crippen LogP contribution in [0.5, 0.6) is 11.5 Å². The molecule has 2 aliphatic heterocycles. The van der Waals surface area contributed by atoms with E-state index in [0.717, 1.165) is 49.3 Å².